The number of ether oxygens (including phenoxy) is 1. The Morgan fingerprint density at radius 2 is 1.78 bits per heavy atom. The number of halogens is 4. The minimum Gasteiger partial charge on any atom is -0.459 e. The Morgan fingerprint density at radius 1 is 1.15 bits per heavy atom. The lowest BCUT2D eigenvalue weighted by molar-refractivity contribution is -0.131. The van der Waals surface area contributed by atoms with Crippen LogP contribution in [0.2, 0.25) is 0 Å². The molecule has 0 saturated heterocycles. The second-order valence-electron chi connectivity index (χ2n) is 5.79. The normalized spacial score (nSPS) is 12.2. The van der Waals surface area contributed by atoms with E-state index in [0.717, 1.165) is 0 Å². The molecule has 0 amide bonds. The number of furan rings is 1. The van der Waals surface area contributed by atoms with Crippen LogP contribution in [0.15, 0.2) is 43.7 Å². The summed E-state index contributed by atoms with van der Waals surface area (Å²) in [5.41, 5.74) is 1.04. The summed E-state index contributed by atoms with van der Waals surface area (Å²) in [6, 6.07) is 7.15. The zero-order valence-corrected chi connectivity index (χ0v) is 18.9. The number of esters is 1. The summed E-state index contributed by atoms with van der Waals surface area (Å²) in [4.78, 5) is 24.2. The molecule has 3 rings (SSSR count). The fraction of sp³-hybridized carbons (Fsp3) is 0.158. The van der Waals surface area contributed by atoms with Crippen molar-refractivity contribution in [1.29, 1.82) is 0 Å². The molecular formula is C19H12Br3FO4. The van der Waals surface area contributed by atoms with Crippen molar-refractivity contribution < 1.29 is 23.1 Å². The number of carbonyl (C=O) groups is 2. The first-order chi connectivity index (χ1) is 12.7. The molecule has 0 aliphatic heterocycles. The molecule has 0 radical (unpaired) electrons. The smallest absolute Gasteiger partial charge is 0.308 e. The third kappa shape index (κ3) is 4.02. The van der Waals surface area contributed by atoms with Crippen molar-refractivity contribution in [3.8, 4) is 5.75 Å². The zero-order chi connectivity index (χ0) is 19.9. The highest BCUT2D eigenvalue weighted by Crippen LogP contribution is 2.39. The van der Waals surface area contributed by atoms with Gasteiger partial charge in [-0.3, -0.25) is 9.59 Å². The summed E-state index contributed by atoms with van der Waals surface area (Å²) in [6.45, 7) is 3.11. The maximum absolute atomic E-state index is 13.8. The van der Waals surface area contributed by atoms with E-state index in [0.29, 0.717) is 31.2 Å². The van der Waals surface area contributed by atoms with Gasteiger partial charge >= 0.3 is 5.97 Å². The maximum atomic E-state index is 13.8. The van der Waals surface area contributed by atoms with Gasteiger partial charge in [0, 0.05) is 17.9 Å². The molecule has 8 heteroatoms. The van der Waals surface area contributed by atoms with Crippen LogP contribution < -0.4 is 4.74 Å². The van der Waals surface area contributed by atoms with Crippen molar-refractivity contribution in [1.82, 2.24) is 0 Å². The monoisotopic (exact) mass is 560 g/mol. The van der Waals surface area contributed by atoms with E-state index in [9.17, 15) is 14.0 Å². The quantitative estimate of drug-likeness (QED) is 0.153. The van der Waals surface area contributed by atoms with E-state index < -0.39 is 11.8 Å². The summed E-state index contributed by atoms with van der Waals surface area (Å²) in [5, 5.41) is 0.401. The maximum Gasteiger partial charge on any atom is 0.308 e. The molecule has 4 nitrogen and oxygen atoms in total. The number of carbonyl (C=O) groups excluding carboxylic acids is 2. The Hall–Kier alpha value is -1.51. The topological polar surface area (TPSA) is 56.5 Å². The van der Waals surface area contributed by atoms with Crippen LogP contribution >= 0.6 is 47.8 Å². The van der Waals surface area contributed by atoms with Crippen molar-refractivity contribution in [2.24, 2.45) is 0 Å². The summed E-state index contributed by atoms with van der Waals surface area (Å²) in [5.74, 6) is -0.592. The molecular weight excluding hydrogens is 551 g/mol. The summed E-state index contributed by atoms with van der Waals surface area (Å²) >= 11 is 10.1. The van der Waals surface area contributed by atoms with E-state index >= 15 is 0 Å². The van der Waals surface area contributed by atoms with Crippen LogP contribution in [0.4, 0.5) is 4.39 Å². The van der Waals surface area contributed by atoms with Gasteiger partial charge in [0.1, 0.15) is 17.2 Å². The molecule has 140 valence electrons. The van der Waals surface area contributed by atoms with E-state index in [-0.39, 0.29) is 21.9 Å². The van der Waals surface area contributed by atoms with Gasteiger partial charge < -0.3 is 9.15 Å². The van der Waals surface area contributed by atoms with E-state index in [4.69, 9.17) is 9.15 Å². The Morgan fingerprint density at radius 3 is 2.33 bits per heavy atom. The molecule has 0 aliphatic carbocycles. The Kier molecular flexibility index (Phi) is 5.88. The lowest BCUT2D eigenvalue weighted by Crippen LogP contribution is -2.07. The summed E-state index contributed by atoms with van der Waals surface area (Å²) < 4.78 is 25.5. The zero-order valence-electron chi connectivity index (χ0n) is 14.1. The van der Waals surface area contributed by atoms with E-state index in [1.807, 2.05) is 6.92 Å². The van der Waals surface area contributed by atoms with Crippen LogP contribution in [0.3, 0.4) is 0 Å². The predicted molar refractivity (Wildman–Crippen MR) is 110 cm³/mol. The molecule has 1 aromatic heterocycles. The minimum absolute atomic E-state index is 0.251. The highest BCUT2D eigenvalue weighted by molar-refractivity contribution is 9.11. The van der Waals surface area contributed by atoms with Crippen molar-refractivity contribution in [2.45, 2.75) is 18.7 Å². The number of hydrogen-bond acceptors (Lipinski definition) is 4. The van der Waals surface area contributed by atoms with Crippen molar-refractivity contribution >= 4 is 70.5 Å². The predicted octanol–water partition coefficient (Wildman–Crippen LogP) is 6.71. The molecule has 27 heavy (non-hydrogen) atoms. The molecule has 1 heterocycles. The van der Waals surface area contributed by atoms with E-state index in [2.05, 4.69) is 47.8 Å². The van der Waals surface area contributed by atoms with Crippen LogP contribution in [0.5, 0.6) is 5.75 Å². The first-order valence-corrected chi connectivity index (χ1v) is 10.3. The first kappa shape index (κ1) is 20.2. The fourth-order valence-electron chi connectivity index (χ4n) is 2.68. The second-order valence-corrected chi connectivity index (χ2v) is 8.87. The first-order valence-electron chi connectivity index (χ1n) is 7.77. The molecule has 0 spiro atoms. The Balaban J connectivity index is 2.17. The Labute approximate surface area is 179 Å². The standard InChI is InChI=1S/C19H12Br3FO4/c1-8(20)18-16(12-7-11(23)3-4-15(12)27-18)17(25)10-5-13(21)19(14(22)6-10)26-9(2)24/h3-8H,1-2H3. The molecule has 0 fully saturated rings. The average molecular weight is 563 g/mol. The number of alkyl halides is 1. The molecule has 0 bridgehead atoms. The van der Waals surface area contributed by atoms with Crippen LogP contribution in [0.1, 0.15) is 40.4 Å². The average Bonchev–Trinajstić information content (AvgIpc) is 2.95. The van der Waals surface area contributed by atoms with E-state index in [1.54, 1.807) is 12.1 Å². The second kappa shape index (κ2) is 7.85. The van der Waals surface area contributed by atoms with Gasteiger partial charge in [0.2, 0.25) is 0 Å². The largest absolute Gasteiger partial charge is 0.459 e. The van der Waals surface area contributed by atoms with Crippen LogP contribution in [0, 0.1) is 5.82 Å². The minimum atomic E-state index is -0.484. The SMILES string of the molecule is CC(=O)Oc1c(Br)cc(C(=O)c2c(C(C)Br)oc3ccc(F)cc23)cc1Br. The third-order valence-electron chi connectivity index (χ3n) is 3.77. The fourth-order valence-corrected chi connectivity index (χ4v) is 4.35. The molecule has 2 aromatic carbocycles. The number of fused-ring (bicyclic) bond motifs is 1. The van der Waals surface area contributed by atoms with Gasteiger partial charge in [0.25, 0.3) is 0 Å². The highest BCUT2D eigenvalue weighted by Gasteiger charge is 2.26. The number of benzene rings is 2. The summed E-state index contributed by atoms with van der Waals surface area (Å²) in [6.07, 6.45) is 0. The van der Waals surface area contributed by atoms with Gasteiger partial charge in [-0.2, -0.15) is 0 Å². The lowest BCUT2D eigenvalue weighted by Gasteiger charge is -2.10. The number of ketones is 1. The number of hydrogen-bond donors (Lipinski definition) is 0. The van der Waals surface area contributed by atoms with E-state index in [1.165, 1.54) is 25.1 Å². The molecule has 1 unspecified atom stereocenters. The van der Waals surface area contributed by atoms with Crippen molar-refractivity contribution in [2.75, 3.05) is 0 Å². The lowest BCUT2D eigenvalue weighted by atomic mass is 9.99. The number of rotatable bonds is 4. The molecule has 0 N–H and O–H groups in total. The molecule has 3 aromatic rings. The van der Waals surface area contributed by atoms with Crippen LogP contribution in [-0.4, -0.2) is 11.8 Å². The van der Waals surface area contributed by atoms with Gasteiger partial charge in [0.15, 0.2) is 11.5 Å². The van der Waals surface area contributed by atoms with Gasteiger partial charge in [0.05, 0.1) is 19.3 Å². The third-order valence-corrected chi connectivity index (χ3v) is 5.37. The molecule has 0 aliphatic rings. The Bertz CT molecular complexity index is 1050. The molecule has 0 saturated carbocycles. The van der Waals surface area contributed by atoms with Crippen molar-refractivity contribution in [3.63, 3.8) is 0 Å². The van der Waals surface area contributed by atoms with Gasteiger partial charge in [-0.25, -0.2) is 4.39 Å². The van der Waals surface area contributed by atoms with Crippen molar-refractivity contribution in [3.05, 3.63) is 62.0 Å². The summed E-state index contributed by atoms with van der Waals surface area (Å²) in [7, 11) is 0. The highest BCUT2D eigenvalue weighted by atomic mass is 79.9. The van der Waals surface area contributed by atoms with Crippen LogP contribution in [0.25, 0.3) is 11.0 Å². The van der Waals surface area contributed by atoms with Gasteiger partial charge in [-0.1, -0.05) is 15.9 Å². The molecule has 1 atom stereocenters. The van der Waals surface area contributed by atoms with Gasteiger partial charge in [-0.15, -0.1) is 0 Å². The van der Waals surface area contributed by atoms with Crippen LogP contribution in [-0.2, 0) is 4.79 Å². The van der Waals surface area contributed by atoms with Gasteiger partial charge in [-0.05, 0) is 69.1 Å².